The number of hydrogen-bond acceptors (Lipinski definition) is 9. The molecule has 9 nitrogen and oxygen atoms in total. The molecule has 0 aliphatic carbocycles. The number of amides is 1. The number of aliphatic hydroxyl groups is 1. The van der Waals surface area contributed by atoms with Gasteiger partial charge in [0, 0.05) is 19.1 Å². The van der Waals surface area contributed by atoms with Crippen molar-refractivity contribution in [2.75, 3.05) is 46.3 Å². The van der Waals surface area contributed by atoms with E-state index in [0.717, 1.165) is 45.3 Å². The molecule has 0 heterocycles. The monoisotopic (exact) mass is 659 g/mol. The van der Waals surface area contributed by atoms with Crippen LogP contribution in [0.1, 0.15) is 83.8 Å². The quantitative estimate of drug-likeness (QED) is 0.0591. The van der Waals surface area contributed by atoms with Crippen molar-refractivity contribution in [3.63, 3.8) is 0 Å². The molecule has 1 aromatic carbocycles. The first-order valence-electron chi connectivity index (χ1n) is 14.4. The van der Waals surface area contributed by atoms with Crippen molar-refractivity contribution >= 4 is 25.5 Å². The molecule has 1 rings (SSSR count). The second-order valence-electron chi connectivity index (χ2n) is 11.3. The Morgan fingerprint density at radius 3 is 2.30 bits per heavy atom. The number of unbranched alkanes of at least 4 members (excludes halogenated alkanes) is 5. The number of carbonyl (C=O) groups excluding carboxylic acids is 1. The molecule has 0 aliphatic rings. The molecular formula is C29H49F3NO8PS. The number of aliphatic hydroxyl groups excluding tert-OH is 1. The number of alkyl carbamates (subject to hydrolysis) is 1. The van der Waals surface area contributed by atoms with Crippen LogP contribution in [0.3, 0.4) is 0 Å². The molecule has 0 aromatic heterocycles. The van der Waals surface area contributed by atoms with E-state index in [1.54, 1.807) is 26.8 Å². The Labute approximate surface area is 258 Å². The summed E-state index contributed by atoms with van der Waals surface area (Å²) >= 11 is 1.20. The SMILES string of the molecule is CCCCCCCCSc1ccc(CCC(COCOC)(COP(=O)(CO)OC)NC(=O)OC(C)(C)C)cc1C(F)(F)F. The predicted octanol–water partition coefficient (Wildman–Crippen LogP) is 7.78. The van der Waals surface area contributed by atoms with Crippen LogP contribution in [-0.2, 0) is 40.4 Å². The highest BCUT2D eigenvalue weighted by Gasteiger charge is 2.38. The minimum Gasteiger partial charge on any atom is -0.444 e. The third-order valence-electron chi connectivity index (χ3n) is 6.33. The molecule has 2 N–H and O–H groups in total. The van der Waals surface area contributed by atoms with Crippen LogP contribution in [0.5, 0.6) is 0 Å². The van der Waals surface area contributed by atoms with E-state index in [4.69, 9.17) is 23.3 Å². The van der Waals surface area contributed by atoms with Crippen LogP contribution in [-0.4, -0.2) is 68.7 Å². The lowest BCUT2D eigenvalue weighted by molar-refractivity contribution is -0.139. The Kier molecular flexibility index (Phi) is 17.8. The fourth-order valence-electron chi connectivity index (χ4n) is 4.06. The van der Waals surface area contributed by atoms with Crippen molar-refractivity contribution in [3.8, 4) is 0 Å². The predicted molar refractivity (Wildman–Crippen MR) is 161 cm³/mol. The highest BCUT2D eigenvalue weighted by atomic mass is 32.2. The Balaban J connectivity index is 3.23. The van der Waals surface area contributed by atoms with Crippen molar-refractivity contribution in [3.05, 3.63) is 29.3 Å². The van der Waals surface area contributed by atoms with E-state index in [9.17, 15) is 27.6 Å². The van der Waals surface area contributed by atoms with Gasteiger partial charge in [0.25, 0.3) is 0 Å². The number of rotatable bonds is 21. The third kappa shape index (κ3) is 16.0. The van der Waals surface area contributed by atoms with Crippen molar-refractivity contribution in [2.45, 2.75) is 101 Å². The summed E-state index contributed by atoms with van der Waals surface area (Å²) in [5.41, 5.74) is -2.65. The number of alkyl halides is 3. The topological polar surface area (TPSA) is 113 Å². The van der Waals surface area contributed by atoms with Crippen molar-refractivity contribution in [1.82, 2.24) is 5.32 Å². The Morgan fingerprint density at radius 2 is 1.72 bits per heavy atom. The summed E-state index contributed by atoms with van der Waals surface area (Å²) < 4.78 is 81.0. The smallest absolute Gasteiger partial charge is 0.417 e. The van der Waals surface area contributed by atoms with Gasteiger partial charge in [-0.15, -0.1) is 11.8 Å². The summed E-state index contributed by atoms with van der Waals surface area (Å²) in [7, 11) is -1.43. The average Bonchev–Trinajstić information content (AvgIpc) is 2.93. The normalized spacial score (nSPS) is 15.1. The maximum absolute atomic E-state index is 14.1. The lowest BCUT2D eigenvalue weighted by Crippen LogP contribution is -2.56. The summed E-state index contributed by atoms with van der Waals surface area (Å²) in [5.74, 6) is 0.593. The number of benzene rings is 1. The van der Waals surface area contributed by atoms with Gasteiger partial charge in [-0.25, -0.2) is 4.79 Å². The van der Waals surface area contributed by atoms with E-state index in [2.05, 4.69) is 12.2 Å². The molecule has 1 amide bonds. The minimum absolute atomic E-state index is 0.00659. The molecule has 0 aliphatic heterocycles. The number of aryl methyl sites for hydroxylation is 1. The first kappa shape index (κ1) is 39.7. The second kappa shape index (κ2) is 19.2. The van der Waals surface area contributed by atoms with Gasteiger partial charge < -0.3 is 33.7 Å². The molecule has 0 bridgehead atoms. The lowest BCUT2D eigenvalue weighted by atomic mass is 9.92. The molecule has 2 unspecified atom stereocenters. The summed E-state index contributed by atoms with van der Waals surface area (Å²) in [4.78, 5) is 13.0. The maximum atomic E-state index is 14.1. The fraction of sp³-hybridized carbons (Fsp3) is 0.759. The average molecular weight is 660 g/mol. The highest BCUT2D eigenvalue weighted by molar-refractivity contribution is 7.99. The molecule has 250 valence electrons. The lowest BCUT2D eigenvalue weighted by Gasteiger charge is -2.36. The first-order valence-corrected chi connectivity index (χ1v) is 17.1. The minimum atomic E-state index is -4.55. The van der Waals surface area contributed by atoms with Crippen LogP contribution in [0.4, 0.5) is 18.0 Å². The van der Waals surface area contributed by atoms with E-state index in [-0.39, 0.29) is 31.1 Å². The number of nitrogens with one attached hydrogen (secondary N) is 1. The zero-order chi connectivity index (χ0) is 32.6. The summed E-state index contributed by atoms with van der Waals surface area (Å²) in [6.07, 6.45) is 0.102. The van der Waals surface area contributed by atoms with E-state index in [0.29, 0.717) is 11.3 Å². The van der Waals surface area contributed by atoms with Crippen molar-refractivity contribution < 1.29 is 50.9 Å². The van der Waals surface area contributed by atoms with Crippen molar-refractivity contribution in [2.24, 2.45) is 0 Å². The number of halogens is 3. The van der Waals surface area contributed by atoms with Gasteiger partial charge in [-0.3, -0.25) is 4.57 Å². The number of methoxy groups -OCH3 is 1. The first-order chi connectivity index (χ1) is 20.1. The molecule has 0 saturated heterocycles. The molecule has 0 spiro atoms. The van der Waals surface area contributed by atoms with Gasteiger partial charge in [0.15, 0.2) is 0 Å². The van der Waals surface area contributed by atoms with Crippen LogP contribution in [0.2, 0.25) is 0 Å². The van der Waals surface area contributed by atoms with Crippen LogP contribution in [0.15, 0.2) is 23.1 Å². The van der Waals surface area contributed by atoms with E-state index in [1.165, 1.54) is 31.4 Å². The zero-order valence-electron chi connectivity index (χ0n) is 26.2. The van der Waals surface area contributed by atoms with E-state index < -0.39 is 49.5 Å². The molecule has 2 atom stereocenters. The van der Waals surface area contributed by atoms with Gasteiger partial charge in [0.05, 0.1) is 24.3 Å². The molecule has 1 aromatic rings. The largest absolute Gasteiger partial charge is 0.444 e. The molecule has 14 heteroatoms. The highest BCUT2D eigenvalue weighted by Crippen LogP contribution is 2.47. The number of carbonyl (C=O) groups is 1. The number of thioether (sulfide) groups is 1. The Bertz CT molecular complexity index is 1000. The van der Waals surface area contributed by atoms with Crippen molar-refractivity contribution in [1.29, 1.82) is 0 Å². The van der Waals surface area contributed by atoms with Crippen LogP contribution >= 0.6 is 19.4 Å². The summed E-state index contributed by atoms with van der Waals surface area (Å²) in [6.45, 7) is 6.29. The van der Waals surface area contributed by atoms with Gasteiger partial charge in [0.1, 0.15) is 18.7 Å². The molecule has 0 radical (unpaired) electrons. The van der Waals surface area contributed by atoms with Crippen LogP contribution in [0.25, 0.3) is 0 Å². The summed E-state index contributed by atoms with van der Waals surface area (Å²) in [5, 5.41) is 12.2. The second-order valence-corrected chi connectivity index (χ2v) is 14.6. The van der Waals surface area contributed by atoms with Gasteiger partial charge in [-0.2, -0.15) is 13.2 Å². The van der Waals surface area contributed by atoms with Gasteiger partial charge in [-0.1, -0.05) is 45.1 Å². The fourth-order valence-corrected chi connectivity index (χ4v) is 5.87. The third-order valence-corrected chi connectivity index (χ3v) is 8.92. The molecule has 0 fully saturated rings. The Morgan fingerprint density at radius 1 is 1.05 bits per heavy atom. The molecule has 0 saturated carbocycles. The van der Waals surface area contributed by atoms with E-state index in [1.807, 2.05) is 0 Å². The summed E-state index contributed by atoms with van der Waals surface area (Å²) in [6, 6.07) is 4.22. The number of ether oxygens (including phenoxy) is 3. The molecular weight excluding hydrogens is 610 g/mol. The standard InChI is InChI=1S/C29H49F3NO8PS/c1-7-8-9-10-11-12-17-43-25-14-13-23(18-24(25)29(30,31)32)15-16-28(19-39-22-37-5,20-40-42(36,21-34)38-6)33-26(35)41-27(2,3)4/h13-14,18,34H,7-12,15-17,19-22H2,1-6H3,(H,33,35). The van der Waals surface area contributed by atoms with Gasteiger partial charge >= 0.3 is 19.9 Å². The van der Waals surface area contributed by atoms with Gasteiger partial charge in [0.2, 0.25) is 0 Å². The Hall–Kier alpha value is -1.34. The number of hydrogen-bond donors (Lipinski definition) is 2. The van der Waals surface area contributed by atoms with Crippen LogP contribution < -0.4 is 5.32 Å². The maximum Gasteiger partial charge on any atom is 0.417 e. The van der Waals surface area contributed by atoms with Gasteiger partial charge in [-0.05, 0) is 63.5 Å². The van der Waals surface area contributed by atoms with Crippen LogP contribution in [0, 0.1) is 0 Å². The molecule has 43 heavy (non-hydrogen) atoms. The zero-order valence-corrected chi connectivity index (χ0v) is 27.9. The van der Waals surface area contributed by atoms with E-state index >= 15 is 0 Å².